The second-order valence-electron chi connectivity index (χ2n) is 6.65. The number of aliphatic carboxylic acids is 1. The lowest BCUT2D eigenvalue weighted by Crippen LogP contribution is -2.71. The van der Waals surface area contributed by atoms with E-state index in [1.807, 2.05) is 17.5 Å². The minimum absolute atomic E-state index is 0.116. The van der Waals surface area contributed by atoms with Gasteiger partial charge in [-0.25, -0.2) is 0 Å². The summed E-state index contributed by atoms with van der Waals surface area (Å²) < 4.78 is 1.76. The van der Waals surface area contributed by atoms with Gasteiger partial charge in [0.15, 0.2) is 18.9 Å². The van der Waals surface area contributed by atoms with Crippen molar-refractivity contribution in [1.82, 2.24) is 10.2 Å². The number of halogens is 1. The molecule has 2 amide bonds. The van der Waals surface area contributed by atoms with E-state index < -0.39 is 23.3 Å². The Kier molecular flexibility index (Phi) is 5.62. The zero-order valence-corrected chi connectivity index (χ0v) is 17.4. The van der Waals surface area contributed by atoms with Crippen LogP contribution in [-0.4, -0.2) is 39.9 Å². The molecule has 10 heteroatoms. The molecule has 0 saturated carbocycles. The van der Waals surface area contributed by atoms with Crippen molar-refractivity contribution in [2.24, 2.45) is 0 Å². The Hall–Kier alpha value is -2.36. The highest BCUT2D eigenvalue weighted by Crippen LogP contribution is 2.40. The highest BCUT2D eigenvalue weighted by Gasteiger charge is 2.53. The van der Waals surface area contributed by atoms with Gasteiger partial charge in [0, 0.05) is 22.3 Å². The van der Waals surface area contributed by atoms with Crippen LogP contribution in [0.15, 0.2) is 53.3 Å². The number of aromatic nitrogens is 1. The molecule has 7 nitrogen and oxygen atoms in total. The Morgan fingerprint density at radius 2 is 2.17 bits per heavy atom. The molecule has 2 aromatic rings. The number of amides is 2. The molecule has 1 N–H and O–H groups in total. The first kappa shape index (κ1) is 19.9. The Bertz CT molecular complexity index is 1010. The predicted molar refractivity (Wildman–Crippen MR) is 107 cm³/mol. The summed E-state index contributed by atoms with van der Waals surface area (Å²) >= 11 is 8.88. The zero-order chi connectivity index (χ0) is 20.5. The molecule has 150 valence electrons. The lowest BCUT2D eigenvalue weighted by Gasteiger charge is -2.50. The number of nitrogens with one attached hydrogen (secondary N) is 1. The molecule has 0 aromatic carbocycles. The average Bonchev–Trinajstić information content (AvgIpc) is 3.18. The van der Waals surface area contributed by atoms with Gasteiger partial charge in [-0.15, -0.1) is 23.1 Å². The number of hydrogen-bond donors (Lipinski definition) is 1. The normalized spacial score (nSPS) is 20.9. The van der Waals surface area contributed by atoms with E-state index in [0.717, 1.165) is 4.88 Å². The van der Waals surface area contributed by atoms with E-state index in [1.165, 1.54) is 28.0 Å². The first-order chi connectivity index (χ1) is 13.9. The van der Waals surface area contributed by atoms with Crippen LogP contribution < -0.4 is 15.0 Å². The van der Waals surface area contributed by atoms with Gasteiger partial charge in [-0.1, -0.05) is 17.7 Å². The minimum atomic E-state index is -1.40. The Morgan fingerprint density at radius 1 is 1.34 bits per heavy atom. The number of rotatable bonds is 6. The number of β-lactam (4-membered cyclic amide) rings is 1. The van der Waals surface area contributed by atoms with Gasteiger partial charge in [0.05, 0.1) is 18.1 Å². The molecular formula is C19H16ClN3O4S2. The first-order valence-electron chi connectivity index (χ1n) is 8.78. The number of thioether (sulfide) groups is 1. The fourth-order valence-corrected chi connectivity index (χ4v) is 5.63. The van der Waals surface area contributed by atoms with Gasteiger partial charge < -0.3 is 15.2 Å². The Morgan fingerprint density at radius 3 is 2.86 bits per heavy atom. The number of carboxylic acid groups (broad SMARTS) is 1. The third-order valence-electron chi connectivity index (χ3n) is 4.67. The van der Waals surface area contributed by atoms with Gasteiger partial charge in [-0.3, -0.25) is 14.5 Å². The highest BCUT2D eigenvalue weighted by atomic mass is 35.5. The van der Waals surface area contributed by atoms with Gasteiger partial charge in [0.2, 0.25) is 5.91 Å². The average molecular weight is 450 g/mol. The van der Waals surface area contributed by atoms with Crippen molar-refractivity contribution in [1.29, 1.82) is 0 Å². The van der Waals surface area contributed by atoms with Gasteiger partial charge in [-0.2, -0.15) is 4.57 Å². The van der Waals surface area contributed by atoms with Crippen molar-refractivity contribution in [3.05, 3.63) is 63.2 Å². The Balaban J connectivity index is 1.50. The Labute approximate surface area is 180 Å². The van der Waals surface area contributed by atoms with Gasteiger partial charge in [-0.05, 0) is 17.5 Å². The summed E-state index contributed by atoms with van der Waals surface area (Å²) in [5.41, 5.74) is 0.449. The summed E-state index contributed by atoms with van der Waals surface area (Å²) in [6.07, 6.45) is 3.65. The molecule has 1 saturated heterocycles. The van der Waals surface area contributed by atoms with E-state index in [4.69, 9.17) is 11.6 Å². The summed E-state index contributed by atoms with van der Waals surface area (Å²) in [5.74, 6) is -1.68. The number of carbonyl (C=O) groups excluding carboxylic acids is 3. The minimum Gasteiger partial charge on any atom is -0.543 e. The summed E-state index contributed by atoms with van der Waals surface area (Å²) in [5, 5.41) is 16.5. The maximum absolute atomic E-state index is 12.6. The van der Waals surface area contributed by atoms with Crippen LogP contribution in [0.2, 0.25) is 5.02 Å². The van der Waals surface area contributed by atoms with Crippen molar-refractivity contribution in [2.45, 2.75) is 24.4 Å². The van der Waals surface area contributed by atoms with Gasteiger partial charge >= 0.3 is 0 Å². The molecule has 4 rings (SSSR count). The molecule has 2 aliphatic rings. The number of thiophene rings is 1. The van der Waals surface area contributed by atoms with Crippen LogP contribution >= 0.6 is 34.7 Å². The number of fused-ring (bicyclic) bond motifs is 1. The smallest absolute Gasteiger partial charge is 0.253 e. The molecule has 1 unspecified atom stereocenters. The van der Waals surface area contributed by atoms with E-state index in [0.29, 0.717) is 16.3 Å². The van der Waals surface area contributed by atoms with Gasteiger partial charge in [0.1, 0.15) is 16.4 Å². The summed E-state index contributed by atoms with van der Waals surface area (Å²) in [7, 11) is 0. The van der Waals surface area contributed by atoms with Crippen molar-refractivity contribution in [3.63, 3.8) is 0 Å². The third kappa shape index (κ3) is 4.03. The van der Waals surface area contributed by atoms with Crippen LogP contribution in [-0.2, 0) is 27.3 Å². The van der Waals surface area contributed by atoms with Crippen LogP contribution in [0.1, 0.15) is 4.88 Å². The molecule has 2 aromatic heterocycles. The molecule has 2 atom stereocenters. The number of carbonyl (C=O) groups is 3. The van der Waals surface area contributed by atoms with E-state index >= 15 is 0 Å². The zero-order valence-electron chi connectivity index (χ0n) is 15.0. The SMILES string of the molecule is O=C(Cc1cccs1)NC1C(=O)N2C(C(=O)[O-])=C(C[n+]3cccc(Cl)c3)CS[C@H]12. The standard InChI is InChI=1S/C19H16ClN3O4S2/c20-12-3-1-5-22(9-12)8-11-10-29-18-15(17(25)23(18)16(11)19(26)27)21-14(24)7-13-4-2-6-28-13/h1-6,9,15,18H,7-8,10H2,(H-,21,24,26,27)/t15?,18-/m1/s1. The molecular weight excluding hydrogens is 434 g/mol. The molecule has 0 radical (unpaired) electrons. The summed E-state index contributed by atoms with van der Waals surface area (Å²) in [4.78, 5) is 38.8. The number of nitrogens with zero attached hydrogens (tertiary/aromatic N) is 2. The molecule has 1 fully saturated rings. The van der Waals surface area contributed by atoms with Crippen molar-refractivity contribution in [3.8, 4) is 0 Å². The summed E-state index contributed by atoms with van der Waals surface area (Å²) in [6, 6.07) is 6.46. The van der Waals surface area contributed by atoms with E-state index in [-0.39, 0.29) is 24.6 Å². The van der Waals surface area contributed by atoms with E-state index in [2.05, 4.69) is 5.32 Å². The maximum Gasteiger partial charge on any atom is 0.253 e. The monoisotopic (exact) mass is 449 g/mol. The van der Waals surface area contributed by atoms with Crippen molar-refractivity contribution < 1.29 is 24.1 Å². The van der Waals surface area contributed by atoms with E-state index in [9.17, 15) is 19.5 Å². The van der Waals surface area contributed by atoms with E-state index in [1.54, 1.807) is 29.1 Å². The second kappa shape index (κ2) is 8.17. The topological polar surface area (TPSA) is 93.4 Å². The van der Waals surface area contributed by atoms with Crippen LogP contribution in [0.25, 0.3) is 0 Å². The highest BCUT2D eigenvalue weighted by molar-refractivity contribution is 8.00. The fourth-order valence-electron chi connectivity index (χ4n) is 3.40. The van der Waals surface area contributed by atoms with Gasteiger partial charge in [0.25, 0.3) is 5.91 Å². The van der Waals surface area contributed by atoms with Crippen molar-refractivity contribution in [2.75, 3.05) is 5.75 Å². The number of hydrogen-bond acceptors (Lipinski definition) is 6. The van der Waals surface area contributed by atoms with Crippen LogP contribution in [0.4, 0.5) is 0 Å². The number of carboxylic acids is 1. The van der Waals surface area contributed by atoms with Crippen LogP contribution in [0, 0.1) is 0 Å². The molecule has 0 aliphatic carbocycles. The van der Waals surface area contributed by atoms with Crippen LogP contribution in [0.5, 0.6) is 0 Å². The molecule has 2 aliphatic heterocycles. The summed E-state index contributed by atoms with van der Waals surface area (Å²) in [6.45, 7) is 0.281. The molecule has 4 heterocycles. The first-order valence-corrected chi connectivity index (χ1v) is 11.1. The number of pyridine rings is 1. The molecule has 29 heavy (non-hydrogen) atoms. The van der Waals surface area contributed by atoms with Crippen molar-refractivity contribution >= 4 is 52.5 Å². The quantitative estimate of drug-likeness (QED) is 0.507. The predicted octanol–water partition coefficient (Wildman–Crippen LogP) is 0.336. The van der Waals surface area contributed by atoms with Crippen LogP contribution in [0.3, 0.4) is 0 Å². The lowest BCUT2D eigenvalue weighted by molar-refractivity contribution is -0.689. The largest absolute Gasteiger partial charge is 0.543 e. The molecule has 0 bridgehead atoms. The maximum atomic E-state index is 12.6. The second-order valence-corrected chi connectivity index (χ2v) is 9.22. The fraction of sp³-hybridized carbons (Fsp3) is 0.263. The lowest BCUT2D eigenvalue weighted by atomic mass is 10.0. The molecule has 0 spiro atoms. The third-order valence-corrected chi connectivity index (χ3v) is 7.11.